The Morgan fingerprint density at radius 2 is 0.426 bits per heavy atom. The highest BCUT2D eigenvalue weighted by atomic mass is 15.0. The molecule has 19 aromatic rings. The van der Waals surface area contributed by atoms with Crippen molar-refractivity contribution in [2.24, 2.45) is 0 Å². The van der Waals surface area contributed by atoms with Crippen LogP contribution in [0.3, 0.4) is 0 Å². The van der Waals surface area contributed by atoms with Crippen LogP contribution in [0.2, 0.25) is 0 Å². The third-order valence-corrected chi connectivity index (χ3v) is 27.5. The first-order chi connectivity index (χ1) is 53.6. The number of rotatable bonds is 1. The highest BCUT2D eigenvalue weighted by Crippen LogP contribution is 2.72. The monoisotopic (exact) mass is 1360 g/mol. The van der Waals surface area contributed by atoms with Gasteiger partial charge in [-0.05, 0) is 185 Å². The molecule has 3 nitrogen and oxygen atoms in total. The predicted octanol–water partition coefficient (Wildman–Crippen LogP) is 23.7. The van der Waals surface area contributed by atoms with E-state index in [0.29, 0.717) is 0 Å². The first kappa shape index (κ1) is 56.8. The van der Waals surface area contributed by atoms with Gasteiger partial charge in [0.05, 0.1) is 67.4 Å². The molecule has 0 fully saturated rings. The summed E-state index contributed by atoms with van der Waals surface area (Å²) in [6.07, 6.45) is 4.60. The van der Waals surface area contributed by atoms with Gasteiger partial charge in [0.2, 0.25) is 0 Å². The van der Waals surface area contributed by atoms with Gasteiger partial charge in [0, 0.05) is 32.7 Å². The van der Waals surface area contributed by atoms with Gasteiger partial charge in [0.1, 0.15) is 0 Å². The van der Waals surface area contributed by atoms with Crippen molar-refractivity contribution in [1.29, 1.82) is 0 Å². The lowest BCUT2D eigenvalue weighted by Gasteiger charge is -2.48. The standard InChI is InChI=1S/C105H59N3/c1-12-38-76-62(27-1)63-28-2-13-39-77(63)101(76)78-40-14-3-37-72(78)73-54-53-60(57-91(73)101)61-55-74-94-92(58-106-99-96(94)102(79-41-15-4-29-64(79)65-30-5-16-42-80(65)102)87-49-23-25-51-89(87)104(99)83-45-19-8-33-68(83)69-34-9-20-46-84(69)104)108-93-59-107-100-97(95(93)75(56-61)98(74)108)103(81-43-17-6-31-66(81)67-32-7-18-44-82(67)103)88-50-24-26-52-90(88)105(100)85-47-21-10-35-70(85)71-36-11-22-48-86(71)105/h1-59H. The molecule has 0 unspecified atom stereocenters. The number of aromatic nitrogens is 3. The first-order valence-electron chi connectivity index (χ1n) is 38.1. The summed E-state index contributed by atoms with van der Waals surface area (Å²) in [5.41, 5.74) is 42.0. The number of pyridine rings is 2. The maximum atomic E-state index is 6.38. The Morgan fingerprint density at radius 3 is 0.713 bits per heavy atom. The minimum Gasteiger partial charge on any atom is -0.305 e. The summed E-state index contributed by atoms with van der Waals surface area (Å²) in [6.45, 7) is 0. The molecule has 0 saturated heterocycles. The fourth-order valence-electron chi connectivity index (χ4n) is 24.2. The summed E-state index contributed by atoms with van der Waals surface area (Å²) < 4.78 is 2.65. The molecule has 0 bridgehead atoms. The van der Waals surface area contributed by atoms with Gasteiger partial charge in [-0.15, -0.1) is 0 Å². The summed E-state index contributed by atoms with van der Waals surface area (Å²) in [4.78, 5) is 12.8. The molecule has 8 aliphatic rings. The van der Waals surface area contributed by atoms with Crippen LogP contribution in [0.4, 0.5) is 0 Å². The summed E-state index contributed by atoms with van der Waals surface area (Å²) in [5.74, 6) is 0. The van der Waals surface area contributed by atoms with Crippen molar-refractivity contribution in [2.45, 2.75) is 27.1 Å². The van der Waals surface area contributed by atoms with Crippen molar-refractivity contribution in [3.8, 4) is 77.9 Å². The van der Waals surface area contributed by atoms with Crippen molar-refractivity contribution in [3.05, 3.63) is 470 Å². The number of benzene rings is 15. The van der Waals surface area contributed by atoms with E-state index in [4.69, 9.17) is 9.97 Å². The van der Waals surface area contributed by atoms with Gasteiger partial charge < -0.3 is 4.40 Å². The number of nitrogens with zero attached hydrogens (tertiary/aromatic N) is 3. The fraction of sp³-hybridized carbons (Fsp3) is 0.0476. The van der Waals surface area contributed by atoms with Crippen molar-refractivity contribution >= 4 is 38.1 Å². The molecule has 0 aliphatic heterocycles. The Labute approximate surface area is 623 Å². The van der Waals surface area contributed by atoms with Crippen molar-refractivity contribution in [1.82, 2.24) is 14.4 Å². The lowest BCUT2D eigenvalue weighted by atomic mass is 9.53. The molecule has 108 heavy (non-hydrogen) atoms. The number of hydrogen-bond acceptors (Lipinski definition) is 2. The highest BCUT2D eigenvalue weighted by Gasteiger charge is 2.64. The van der Waals surface area contributed by atoms with Gasteiger partial charge in [-0.25, -0.2) is 0 Å². The van der Waals surface area contributed by atoms with E-state index in [9.17, 15) is 0 Å². The van der Waals surface area contributed by atoms with E-state index in [-0.39, 0.29) is 0 Å². The maximum absolute atomic E-state index is 6.38. The predicted molar refractivity (Wildman–Crippen MR) is 435 cm³/mol. The normalized spacial score (nSPS) is 16.0. The Kier molecular flexibility index (Phi) is 10.1. The minimum absolute atomic E-state index is 0.565. The number of hydrogen-bond donors (Lipinski definition) is 0. The molecule has 0 N–H and O–H groups in total. The second-order valence-electron chi connectivity index (χ2n) is 31.3. The Hall–Kier alpha value is -13.6. The lowest BCUT2D eigenvalue weighted by molar-refractivity contribution is 0.618. The molecule has 3 heteroatoms. The molecule has 4 aromatic heterocycles. The Morgan fingerprint density at radius 1 is 0.194 bits per heavy atom. The van der Waals surface area contributed by atoms with Crippen LogP contribution in [0.15, 0.2) is 358 Å². The van der Waals surface area contributed by atoms with Crippen LogP contribution >= 0.6 is 0 Å². The van der Waals surface area contributed by atoms with Gasteiger partial charge in [-0.3, -0.25) is 9.97 Å². The van der Waals surface area contributed by atoms with Crippen LogP contribution in [-0.4, -0.2) is 14.4 Å². The summed E-state index contributed by atoms with van der Waals surface area (Å²) in [5, 5.41) is 4.80. The largest absolute Gasteiger partial charge is 0.305 e. The molecule has 0 atom stereocenters. The quantitative estimate of drug-likeness (QED) is 0.164. The third-order valence-electron chi connectivity index (χ3n) is 27.5. The average molecular weight is 1360 g/mol. The summed E-state index contributed by atoms with van der Waals surface area (Å²) >= 11 is 0. The zero-order valence-electron chi connectivity index (χ0n) is 58.4. The van der Waals surface area contributed by atoms with Crippen LogP contribution in [0.25, 0.3) is 116 Å². The van der Waals surface area contributed by atoms with E-state index in [0.717, 1.165) is 28.0 Å². The van der Waals surface area contributed by atoms with Gasteiger partial charge in [-0.2, -0.15) is 0 Å². The maximum Gasteiger partial charge on any atom is 0.0892 e. The van der Waals surface area contributed by atoms with Crippen molar-refractivity contribution < 1.29 is 0 Å². The van der Waals surface area contributed by atoms with Crippen LogP contribution in [0, 0.1) is 0 Å². The van der Waals surface area contributed by atoms with E-state index in [1.54, 1.807) is 0 Å². The second kappa shape index (κ2) is 19.3. The lowest BCUT2D eigenvalue weighted by Crippen LogP contribution is -2.44. The van der Waals surface area contributed by atoms with E-state index in [1.807, 2.05) is 0 Å². The molecule has 8 aliphatic carbocycles. The molecule has 27 rings (SSSR count). The van der Waals surface area contributed by atoms with Gasteiger partial charge in [0.15, 0.2) is 0 Å². The van der Waals surface area contributed by atoms with E-state index in [2.05, 4.69) is 363 Å². The Balaban J connectivity index is 0.877. The zero-order chi connectivity index (χ0) is 69.9. The fourth-order valence-corrected chi connectivity index (χ4v) is 24.2. The molecule has 0 amide bonds. The second-order valence-corrected chi connectivity index (χ2v) is 31.3. The van der Waals surface area contributed by atoms with Crippen LogP contribution in [0.5, 0.6) is 0 Å². The van der Waals surface area contributed by atoms with Crippen molar-refractivity contribution in [2.75, 3.05) is 0 Å². The molecule has 4 heterocycles. The molecule has 5 spiro atoms. The first-order valence-corrected chi connectivity index (χ1v) is 38.1. The average Bonchev–Trinajstić information content (AvgIpc) is 1.43. The molecule has 0 radical (unpaired) electrons. The summed E-state index contributed by atoms with van der Waals surface area (Å²) in [7, 11) is 0. The number of fused-ring (bicyclic) bond motifs is 50. The third kappa shape index (κ3) is 5.94. The van der Waals surface area contributed by atoms with Crippen LogP contribution < -0.4 is 0 Å². The molecule has 15 aromatic carbocycles. The Bertz CT molecular complexity index is 6840. The van der Waals surface area contributed by atoms with E-state index >= 15 is 0 Å². The SMILES string of the molecule is c1ccc2c(c1)-c1ccccc1C21c2ccccc2-c2ccc(-c3cc4c5c6c(ncc5n5c7cnc8c(c7c(c3)c45)C3(c4ccccc4-c4ccccc43)c3ccccc3C83c4ccccc4-c4ccccc43)C3(c4ccccc4-c4ccccc43)c3ccccc3C63c4ccccc4-c4ccccc43)cc21. The van der Waals surface area contributed by atoms with Gasteiger partial charge >= 0.3 is 0 Å². The van der Waals surface area contributed by atoms with E-state index in [1.165, 1.54) is 200 Å². The summed E-state index contributed by atoms with van der Waals surface area (Å²) in [6, 6.07) is 134. The smallest absolute Gasteiger partial charge is 0.0892 e. The van der Waals surface area contributed by atoms with E-state index < -0.39 is 27.1 Å². The van der Waals surface area contributed by atoms with Gasteiger partial charge in [0.25, 0.3) is 0 Å². The molecule has 494 valence electrons. The van der Waals surface area contributed by atoms with Gasteiger partial charge in [-0.1, -0.05) is 328 Å². The minimum atomic E-state index is -0.843. The molecular formula is C105H59N3. The van der Waals surface area contributed by atoms with Crippen LogP contribution in [-0.2, 0) is 27.1 Å². The molecular weight excluding hydrogens is 1300 g/mol. The topological polar surface area (TPSA) is 30.2 Å². The zero-order valence-corrected chi connectivity index (χ0v) is 58.4. The highest BCUT2D eigenvalue weighted by molar-refractivity contribution is 6.27. The van der Waals surface area contributed by atoms with Crippen molar-refractivity contribution in [3.63, 3.8) is 0 Å². The van der Waals surface area contributed by atoms with Crippen LogP contribution in [0.1, 0.15) is 112 Å². The molecule has 0 saturated carbocycles.